The Bertz CT molecular complexity index is 748. The van der Waals surface area contributed by atoms with Crippen molar-refractivity contribution in [1.29, 1.82) is 0 Å². The van der Waals surface area contributed by atoms with Gasteiger partial charge in [-0.2, -0.15) is 4.98 Å². The Morgan fingerprint density at radius 3 is 2.88 bits per heavy atom. The largest absolute Gasteiger partial charge is 0.369 e. The van der Waals surface area contributed by atoms with Crippen LogP contribution in [0, 0.1) is 0 Å². The molecule has 5 heteroatoms. The molecule has 2 heterocycles. The molecule has 3 aromatic rings. The number of nitrogens with two attached hydrogens (primary N) is 1. The van der Waals surface area contributed by atoms with Gasteiger partial charge in [-0.1, -0.05) is 18.2 Å². The van der Waals surface area contributed by atoms with E-state index in [2.05, 4.69) is 15.0 Å². The molecule has 0 aliphatic rings. The molecule has 0 spiro atoms. The van der Waals surface area contributed by atoms with Crippen LogP contribution in [0.15, 0.2) is 35.1 Å². The highest BCUT2D eigenvalue weighted by Crippen LogP contribution is 2.15. The van der Waals surface area contributed by atoms with Gasteiger partial charge in [0.15, 0.2) is 5.65 Å². The maximum Gasteiger partial charge on any atom is 0.261 e. The summed E-state index contributed by atoms with van der Waals surface area (Å²) in [5, 5.41) is 1.36. The van der Waals surface area contributed by atoms with Crippen molar-refractivity contribution in [3.8, 4) is 0 Å². The third-order valence-electron chi connectivity index (χ3n) is 2.42. The van der Waals surface area contributed by atoms with Crippen LogP contribution in [0.1, 0.15) is 0 Å². The van der Waals surface area contributed by atoms with Gasteiger partial charge >= 0.3 is 0 Å². The first-order valence-corrected chi connectivity index (χ1v) is 4.79. The third kappa shape index (κ3) is 1.22. The smallest absolute Gasteiger partial charge is 0.261 e. The van der Waals surface area contributed by atoms with Crippen molar-refractivity contribution in [3.05, 3.63) is 40.7 Å². The summed E-state index contributed by atoms with van der Waals surface area (Å²) in [5.74, 6) is 0.0836. The summed E-state index contributed by atoms with van der Waals surface area (Å²) < 4.78 is 0. The molecule has 16 heavy (non-hydrogen) atoms. The van der Waals surface area contributed by atoms with Gasteiger partial charge in [0.05, 0.1) is 10.9 Å². The summed E-state index contributed by atoms with van der Waals surface area (Å²) >= 11 is 0. The highest BCUT2D eigenvalue weighted by molar-refractivity contribution is 5.90. The Balaban J connectivity index is 2.56. The molecule has 0 saturated carbocycles. The molecule has 0 saturated heterocycles. The Hall–Kier alpha value is -2.43. The summed E-state index contributed by atoms with van der Waals surface area (Å²) in [5.41, 5.74) is 6.37. The summed E-state index contributed by atoms with van der Waals surface area (Å²) in [7, 11) is 0. The predicted molar refractivity (Wildman–Crippen MR) is 62.1 cm³/mol. The number of rotatable bonds is 0. The van der Waals surface area contributed by atoms with Crippen molar-refractivity contribution >= 4 is 27.9 Å². The van der Waals surface area contributed by atoms with Crippen molar-refractivity contribution in [2.45, 2.75) is 0 Å². The van der Waals surface area contributed by atoms with Gasteiger partial charge in [-0.15, -0.1) is 0 Å². The highest BCUT2D eigenvalue weighted by atomic mass is 16.1. The second-order valence-corrected chi connectivity index (χ2v) is 3.50. The van der Waals surface area contributed by atoms with Gasteiger partial charge in [0.2, 0.25) is 5.95 Å². The van der Waals surface area contributed by atoms with E-state index in [1.54, 1.807) is 6.07 Å². The first-order chi connectivity index (χ1) is 7.74. The van der Waals surface area contributed by atoms with Gasteiger partial charge in [-0.25, -0.2) is 4.98 Å². The molecule has 0 atom stereocenters. The standard InChI is InChI=1S/C11H8N4O/c12-11-14-9-7(10(16)15-11)5-6-3-1-2-4-8(6)13-9/h1-5H,(H3,12,13,14,15,16). The number of nitrogen functional groups attached to an aromatic ring is 1. The van der Waals surface area contributed by atoms with E-state index in [1.165, 1.54) is 0 Å². The van der Waals surface area contributed by atoms with Gasteiger partial charge in [0, 0.05) is 5.39 Å². The van der Waals surface area contributed by atoms with E-state index < -0.39 is 0 Å². The molecule has 1 aromatic carbocycles. The zero-order valence-corrected chi connectivity index (χ0v) is 8.27. The lowest BCUT2D eigenvalue weighted by molar-refractivity contribution is 1.17. The normalized spacial score (nSPS) is 11.0. The Morgan fingerprint density at radius 1 is 1.19 bits per heavy atom. The second-order valence-electron chi connectivity index (χ2n) is 3.50. The molecule has 0 aliphatic carbocycles. The van der Waals surface area contributed by atoms with Crippen LogP contribution in [0.25, 0.3) is 21.9 Å². The van der Waals surface area contributed by atoms with Crippen LogP contribution in [0.5, 0.6) is 0 Å². The Labute approximate surface area is 90.0 Å². The lowest BCUT2D eigenvalue weighted by atomic mass is 10.2. The molecule has 0 amide bonds. The first-order valence-electron chi connectivity index (χ1n) is 4.79. The van der Waals surface area contributed by atoms with Gasteiger partial charge in [0.25, 0.3) is 5.56 Å². The molecular weight excluding hydrogens is 204 g/mol. The van der Waals surface area contributed by atoms with Gasteiger partial charge in [-0.05, 0) is 12.1 Å². The summed E-state index contributed by atoms with van der Waals surface area (Å²) in [6.07, 6.45) is 0. The van der Waals surface area contributed by atoms with Crippen LogP contribution >= 0.6 is 0 Å². The minimum absolute atomic E-state index is 0.0836. The average molecular weight is 212 g/mol. The molecule has 0 unspecified atom stereocenters. The Morgan fingerprint density at radius 2 is 2.00 bits per heavy atom. The molecule has 3 N–H and O–H groups in total. The van der Waals surface area contributed by atoms with Crippen LogP contribution < -0.4 is 11.3 Å². The monoisotopic (exact) mass is 212 g/mol. The number of H-pyrrole nitrogens is 1. The maximum absolute atomic E-state index is 11.6. The number of para-hydroxylation sites is 1. The number of nitrogens with one attached hydrogen (secondary N) is 1. The summed E-state index contributed by atoms with van der Waals surface area (Å²) in [6.45, 7) is 0. The van der Waals surface area contributed by atoms with Crippen LogP contribution in [0.3, 0.4) is 0 Å². The van der Waals surface area contributed by atoms with E-state index in [4.69, 9.17) is 5.73 Å². The molecule has 0 aliphatic heterocycles. The quantitative estimate of drug-likeness (QED) is 0.545. The molecule has 78 valence electrons. The van der Waals surface area contributed by atoms with Gasteiger partial charge < -0.3 is 5.73 Å². The van der Waals surface area contributed by atoms with Crippen molar-refractivity contribution in [3.63, 3.8) is 0 Å². The fourth-order valence-electron chi connectivity index (χ4n) is 1.68. The molecule has 0 radical (unpaired) electrons. The van der Waals surface area contributed by atoms with Crippen LogP contribution in [0.2, 0.25) is 0 Å². The van der Waals surface area contributed by atoms with Crippen LogP contribution in [-0.4, -0.2) is 15.0 Å². The number of pyridine rings is 1. The number of hydrogen-bond donors (Lipinski definition) is 2. The van der Waals surface area contributed by atoms with E-state index in [0.717, 1.165) is 10.9 Å². The van der Waals surface area contributed by atoms with Crippen molar-refractivity contribution in [1.82, 2.24) is 15.0 Å². The fraction of sp³-hybridized carbons (Fsp3) is 0. The number of hydrogen-bond acceptors (Lipinski definition) is 4. The number of benzene rings is 1. The number of aromatic nitrogens is 3. The highest BCUT2D eigenvalue weighted by Gasteiger charge is 2.04. The second kappa shape index (κ2) is 3.03. The summed E-state index contributed by atoms with van der Waals surface area (Å²) in [6, 6.07) is 9.32. The maximum atomic E-state index is 11.6. The molecular formula is C11H8N4O. The number of nitrogens with zero attached hydrogens (tertiary/aromatic N) is 2. The van der Waals surface area contributed by atoms with Crippen molar-refractivity contribution in [2.75, 3.05) is 5.73 Å². The van der Waals surface area contributed by atoms with Crippen LogP contribution in [0.4, 0.5) is 5.95 Å². The fourth-order valence-corrected chi connectivity index (χ4v) is 1.68. The van der Waals surface area contributed by atoms with E-state index in [1.807, 2.05) is 24.3 Å². The van der Waals surface area contributed by atoms with E-state index >= 15 is 0 Å². The lowest BCUT2D eigenvalue weighted by Crippen LogP contribution is -2.11. The molecule has 3 rings (SSSR count). The van der Waals surface area contributed by atoms with Crippen molar-refractivity contribution < 1.29 is 0 Å². The van der Waals surface area contributed by atoms with Gasteiger partial charge in [0.1, 0.15) is 0 Å². The Kier molecular flexibility index (Phi) is 1.67. The topological polar surface area (TPSA) is 84.7 Å². The average Bonchev–Trinajstić information content (AvgIpc) is 2.27. The zero-order valence-electron chi connectivity index (χ0n) is 8.27. The minimum Gasteiger partial charge on any atom is -0.369 e. The molecule has 0 bridgehead atoms. The molecule has 5 nitrogen and oxygen atoms in total. The van der Waals surface area contributed by atoms with E-state index in [-0.39, 0.29) is 11.5 Å². The van der Waals surface area contributed by atoms with Crippen molar-refractivity contribution in [2.24, 2.45) is 0 Å². The lowest BCUT2D eigenvalue weighted by Gasteiger charge is -2.00. The van der Waals surface area contributed by atoms with Crippen LogP contribution in [-0.2, 0) is 0 Å². The molecule has 0 fully saturated rings. The number of fused-ring (bicyclic) bond motifs is 2. The summed E-state index contributed by atoms with van der Waals surface area (Å²) in [4.78, 5) is 22.4. The van der Waals surface area contributed by atoms with E-state index in [0.29, 0.717) is 11.0 Å². The zero-order chi connectivity index (χ0) is 11.1. The minimum atomic E-state index is -0.263. The number of anilines is 1. The van der Waals surface area contributed by atoms with E-state index in [9.17, 15) is 4.79 Å². The molecule has 2 aromatic heterocycles. The van der Waals surface area contributed by atoms with Gasteiger partial charge in [-0.3, -0.25) is 9.78 Å². The number of aromatic amines is 1. The first kappa shape index (κ1) is 8.84. The predicted octanol–water partition coefficient (Wildman–Crippen LogP) is 1.05. The third-order valence-corrected chi connectivity index (χ3v) is 2.42. The SMILES string of the molecule is Nc1nc2nc3ccccc3cc2c(=O)[nH]1.